The molecular formula is C17H26Cl2N4OS. The molecule has 0 atom stereocenters. The highest BCUT2D eigenvalue weighted by atomic mass is 35.5. The zero-order valence-corrected chi connectivity index (χ0v) is 17.1. The van der Waals surface area contributed by atoms with Gasteiger partial charge in [-0.15, -0.1) is 36.6 Å². The minimum absolute atomic E-state index is 0. The van der Waals surface area contributed by atoms with Gasteiger partial charge in [-0.2, -0.15) is 0 Å². The van der Waals surface area contributed by atoms with E-state index in [1.165, 1.54) is 5.56 Å². The smallest absolute Gasteiger partial charge is 0.232 e. The molecule has 1 aliphatic heterocycles. The molecule has 0 aromatic carbocycles. The van der Waals surface area contributed by atoms with Gasteiger partial charge in [0.25, 0.3) is 0 Å². The first kappa shape index (κ1) is 22.1. The minimum Gasteiger partial charge on any atom is -0.342 e. The number of piperidine rings is 1. The first-order chi connectivity index (χ1) is 11.1. The van der Waals surface area contributed by atoms with E-state index in [2.05, 4.69) is 35.7 Å². The van der Waals surface area contributed by atoms with Crippen molar-refractivity contribution in [3.8, 4) is 0 Å². The lowest BCUT2D eigenvalue weighted by Crippen LogP contribution is -2.44. The molecule has 2 aromatic heterocycles. The van der Waals surface area contributed by atoms with E-state index in [0.717, 1.165) is 43.0 Å². The molecule has 3 rings (SSSR count). The van der Waals surface area contributed by atoms with E-state index in [1.807, 2.05) is 22.4 Å². The predicted octanol–water partition coefficient (Wildman–Crippen LogP) is 2.93. The molecule has 1 N–H and O–H groups in total. The third kappa shape index (κ3) is 5.78. The van der Waals surface area contributed by atoms with E-state index >= 15 is 0 Å². The van der Waals surface area contributed by atoms with Crippen LogP contribution in [0.1, 0.15) is 24.1 Å². The maximum absolute atomic E-state index is 12.3. The number of aryl methyl sites for hydroxylation is 1. The number of thioether (sulfide) groups is 1. The Balaban J connectivity index is 0.00000156. The molecule has 0 aliphatic carbocycles. The second-order valence-electron chi connectivity index (χ2n) is 6.18. The Hall–Kier alpha value is -0.950. The molecule has 0 spiro atoms. The van der Waals surface area contributed by atoms with Crippen molar-refractivity contribution >= 4 is 48.1 Å². The Labute approximate surface area is 165 Å². The van der Waals surface area contributed by atoms with Gasteiger partial charge in [-0.3, -0.25) is 4.79 Å². The van der Waals surface area contributed by atoms with Crippen LogP contribution in [0.15, 0.2) is 24.5 Å². The second-order valence-corrected chi connectivity index (χ2v) is 7.17. The van der Waals surface area contributed by atoms with Gasteiger partial charge in [0, 0.05) is 31.2 Å². The molecule has 5 nitrogen and oxygen atoms in total. The molecule has 1 saturated heterocycles. The van der Waals surface area contributed by atoms with Crippen LogP contribution in [0.2, 0.25) is 0 Å². The van der Waals surface area contributed by atoms with Crippen LogP contribution in [0.25, 0.3) is 5.65 Å². The Morgan fingerprint density at radius 3 is 2.76 bits per heavy atom. The number of amides is 1. The first-order valence-corrected chi connectivity index (χ1v) is 9.27. The van der Waals surface area contributed by atoms with Crippen LogP contribution in [0.4, 0.5) is 0 Å². The monoisotopic (exact) mass is 404 g/mol. The number of fused-ring (bicyclic) bond motifs is 1. The summed E-state index contributed by atoms with van der Waals surface area (Å²) in [6.07, 6.45) is 6.24. The average Bonchev–Trinajstić information content (AvgIpc) is 2.96. The van der Waals surface area contributed by atoms with Gasteiger partial charge >= 0.3 is 0 Å². The summed E-state index contributed by atoms with van der Waals surface area (Å²) in [5, 5.41) is 3.34. The third-order valence-corrected chi connectivity index (χ3v) is 5.33. The highest BCUT2D eigenvalue weighted by Crippen LogP contribution is 2.16. The van der Waals surface area contributed by atoms with Crippen LogP contribution in [0, 0.1) is 6.92 Å². The zero-order chi connectivity index (χ0) is 16.2. The van der Waals surface area contributed by atoms with E-state index < -0.39 is 0 Å². The molecule has 1 aliphatic rings. The predicted molar refractivity (Wildman–Crippen MR) is 109 cm³/mol. The number of rotatable bonds is 5. The molecule has 0 saturated carbocycles. The number of hydrogen-bond acceptors (Lipinski definition) is 4. The molecule has 25 heavy (non-hydrogen) atoms. The number of pyridine rings is 1. The minimum atomic E-state index is 0. The summed E-state index contributed by atoms with van der Waals surface area (Å²) < 4.78 is 2.05. The Bertz CT molecular complexity index is 688. The summed E-state index contributed by atoms with van der Waals surface area (Å²) in [4.78, 5) is 18.8. The maximum Gasteiger partial charge on any atom is 0.232 e. The summed E-state index contributed by atoms with van der Waals surface area (Å²) in [5.74, 6) is 1.52. The van der Waals surface area contributed by atoms with Gasteiger partial charge in [0.1, 0.15) is 5.65 Å². The van der Waals surface area contributed by atoms with Crippen LogP contribution in [0.5, 0.6) is 0 Å². The number of nitrogens with zero attached hydrogens (tertiary/aromatic N) is 3. The summed E-state index contributed by atoms with van der Waals surface area (Å²) >= 11 is 1.64. The van der Waals surface area contributed by atoms with Crippen molar-refractivity contribution in [2.45, 2.75) is 31.6 Å². The number of carbonyl (C=O) groups excluding carboxylic acids is 1. The lowest BCUT2D eigenvalue weighted by Gasteiger charge is -2.31. The molecule has 2 aromatic rings. The van der Waals surface area contributed by atoms with Gasteiger partial charge in [0.2, 0.25) is 5.91 Å². The standard InChI is InChI=1S/C17H24N4OS.2ClH/c1-13-3-4-16-19-14(10-21(16)9-13)11-23-12-17(22)20(2)15-5-7-18-8-6-15;;/h3-4,9-10,15,18H,5-8,11-12H2,1-2H3;2*1H. The quantitative estimate of drug-likeness (QED) is 0.831. The Morgan fingerprint density at radius 2 is 2.04 bits per heavy atom. The average molecular weight is 405 g/mol. The molecule has 140 valence electrons. The molecule has 3 heterocycles. The highest BCUT2D eigenvalue weighted by molar-refractivity contribution is 7.99. The van der Waals surface area contributed by atoms with Crippen LogP contribution in [-0.4, -0.2) is 52.1 Å². The van der Waals surface area contributed by atoms with E-state index in [9.17, 15) is 4.79 Å². The van der Waals surface area contributed by atoms with Crippen LogP contribution in [0.3, 0.4) is 0 Å². The number of nitrogens with one attached hydrogen (secondary N) is 1. The number of carbonyl (C=O) groups is 1. The molecule has 1 fully saturated rings. The number of imidazole rings is 1. The van der Waals surface area contributed by atoms with Gasteiger partial charge < -0.3 is 14.6 Å². The lowest BCUT2D eigenvalue weighted by atomic mass is 10.1. The number of aromatic nitrogens is 2. The number of halogens is 2. The Kier molecular flexibility index (Phi) is 9.07. The van der Waals surface area contributed by atoms with Crippen molar-refractivity contribution in [3.63, 3.8) is 0 Å². The van der Waals surface area contributed by atoms with Gasteiger partial charge in [-0.1, -0.05) is 6.07 Å². The van der Waals surface area contributed by atoms with Gasteiger partial charge in [-0.05, 0) is 44.5 Å². The fourth-order valence-corrected chi connectivity index (χ4v) is 3.80. The highest BCUT2D eigenvalue weighted by Gasteiger charge is 2.21. The van der Waals surface area contributed by atoms with Gasteiger partial charge in [0.05, 0.1) is 11.4 Å². The van der Waals surface area contributed by atoms with E-state index in [4.69, 9.17) is 0 Å². The summed E-state index contributed by atoms with van der Waals surface area (Å²) in [5.41, 5.74) is 3.20. The molecule has 0 unspecified atom stereocenters. The van der Waals surface area contributed by atoms with Crippen molar-refractivity contribution in [3.05, 3.63) is 35.8 Å². The third-order valence-electron chi connectivity index (χ3n) is 4.37. The van der Waals surface area contributed by atoms with Crippen molar-refractivity contribution in [2.24, 2.45) is 0 Å². The Morgan fingerprint density at radius 1 is 1.32 bits per heavy atom. The van der Waals surface area contributed by atoms with E-state index in [1.54, 1.807) is 11.8 Å². The van der Waals surface area contributed by atoms with Crippen LogP contribution < -0.4 is 5.32 Å². The fourth-order valence-electron chi connectivity index (χ4n) is 2.97. The van der Waals surface area contributed by atoms with E-state index in [0.29, 0.717) is 11.8 Å². The molecule has 0 radical (unpaired) electrons. The summed E-state index contributed by atoms with van der Waals surface area (Å²) in [7, 11) is 1.94. The summed E-state index contributed by atoms with van der Waals surface area (Å²) in [6, 6.07) is 4.48. The number of hydrogen-bond donors (Lipinski definition) is 1. The first-order valence-electron chi connectivity index (χ1n) is 8.12. The molecular weight excluding hydrogens is 379 g/mol. The van der Waals surface area contributed by atoms with Crippen molar-refractivity contribution < 1.29 is 4.79 Å². The van der Waals surface area contributed by atoms with Crippen molar-refractivity contribution in [1.29, 1.82) is 0 Å². The van der Waals surface area contributed by atoms with Crippen LogP contribution >= 0.6 is 36.6 Å². The largest absolute Gasteiger partial charge is 0.342 e. The zero-order valence-electron chi connectivity index (χ0n) is 14.6. The SMILES string of the molecule is Cc1ccc2nc(CSCC(=O)N(C)C3CCNCC3)cn2c1.Cl.Cl. The van der Waals surface area contributed by atoms with Crippen molar-refractivity contribution in [1.82, 2.24) is 19.6 Å². The lowest BCUT2D eigenvalue weighted by molar-refractivity contribution is -0.129. The topological polar surface area (TPSA) is 49.6 Å². The van der Waals surface area contributed by atoms with Gasteiger partial charge in [-0.25, -0.2) is 4.98 Å². The van der Waals surface area contributed by atoms with E-state index in [-0.39, 0.29) is 30.7 Å². The molecule has 8 heteroatoms. The maximum atomic E-state index is 12.3. The molecule has 0 bridgehead atoms. The summed E-state index contributed by atoms with van der Waals surface area (Å²) in [6.45, 7) is 4.09. The molecule has 1 amide bonds. The van der Waals surface area contributed by atoms with Gasteiger partial charge in [0.15, 0.2) is 0 Å². The second kappa shape index (κ2) is 10.3. The van der Waals surface area contributed by atoms with Crippen LogP contribution in [-0.2, 0) is 10.5 Å². The normalized spacial score (nSPS) is 14.6. The fraction of sp³-hybridized carbons (Fsp3) is 0.529. The van der Waals surface area contributed by atoms with Crippen molar-refractivity contribution in [2.75, 3.05) is 25.9 Å².